The molecule has 1 aliphatic rings. The molecule has 3 heterocycles. The van der Waals surface area contributed by atoms with Crippen LogP contribution in [0.3, 0.4) is 0 Å². The SMILES string of the molecule is COc1ccc(-c2cc(C[C@@H]3CNCC[C@H]3CC(=O)NCc3cccs3)no2)cc1. The zero-order chi connectivity index (χ0) is 20.8. The molecule has 158 valence electrons. The number of thiophene rings is 1. The number of nitrogens with zero attached hydrogens (tertiary/aromatic N) is 1. The van der Waals surface area contributed by atoms with Gasteiger partial charge >= 0.3 is 0 Å². The predicted octanol–water partition coefficient (Wildman–Crippen LogP) is 3.89. The maximum atomic E-state index is 12.5. The molecule has 1 amide bonds. The average Bonchev–Trinajstić information content (AvgIpc) is 3.46. The molecule has 0 bridgehead atoms. The molecule has 1 fully saturated rings. The molecule has 0 unspecified atom stereocenters. The first kappa shape index (κ1) is 20.6. The smallest absolute Gasteiger partial charge is 0.220 e. The third kappa shape index (κ3) is 5.29. The summed E-state index contributed by atoms with van der Waals surface area (Å²) in [7, 11) is 1.65. The van der Waals surface area contributed by atoms with Crippen LogP contribution in [-0.2, 0) is 17.8 Å². The normalized spacial score (nSPS) is 18.8. The molecule has 2 atom stereocenters. The van der Waals surface area contributed by atoms with Crippen LogP contribution in [0.25, 0.3) is 11.3 Å². The lowest BCUT2D eigenvalue weighted by molar-refractivity contribution is -0.122. The fourth-order valence-corrected chi connectivity index (χ4v) is 4.61. The van der Waals surface area contributed by atoms with E-state index in [4.69, 9.17) is 9.26 Å². The summed E-state index contributed by atoms with van der Waals surface area (Å²) in [5.41, 5.74) is 1.90. The van der Waals surface area contributed by atoms with Gasteiger partial charge in [-0.2, -0.15) is 0 Å². The Morgan fingerprint density at radius 1 is 1.30 bits per heavy atom. The Hall–Kier alpha value is -2.64. The van der Waals surface area contributed by atoms with E-state index in [1.165, 1.54) is 4.88 Å². The van der Waals surface area contributed by atoms with Crippen LogP contribution in [0.5, 0.6) is 5.75 Å². The van der Waals surface area contributed by atoms with Gasteiger partial charge in [0.25, 0.3) is 0 Å². The van der Waals surface area contributed by atoms with E-state index in [1.807, 2.05) is 47.8 Å². The standard InChI is InChI=1S/C23H27N3O3S/c1-28-20-6-4-16(5-7-20)22-13-19(26-29-22)11-18-14-24-9-8-17(18)12-23(27)25-15-21-3-2-10-30-21/h2-7,10,13,17-18,24H,8-9,11-12,14-15H2,1H3,(H,25,27)/t17-,18+/m0/s1. The number of hydrogen-bond acceptors (Lipinski definition) is 6. The molecule has 2 aromatic heterocycles. The quantitative estimate of drug-likeness (QED) is 0.573. The van der Waals surface area contributed by atoms with Gasteiger partial charge in [-0.05, 0) is 73.5 Å². The van der Waals surface area contributed by atoms with Crippen LogP contribution in [0, 0.1) is 11.8 Å². The zero-order valence-corrected chi connectivity index (χ0v) is 17.9. The van der Waals surface area contributed by atoms with E-state index in [1.54, 1.807) is 18.4 Å². The van der Waals surface area contributed by atoms with E-state index in [-0.39, 0.29) is 5.91 Å². The highest BCUT2D eigenvalue weighted by Crippen LogP contribution is 2.28. The van der Waals surface area contributed by atoms with Gasteiger partial charge in [-0.1, -0.05) is 11.2 Å². The summed E-state index contributed by atoms with van der Waals surface area (Å²) in [4.78, 5) is 13.7. The third-order valence-corrected chi connectivity index (χ3v) is 6.53. The maximum Gasteiger partial charge on any atom is 0.220 e. The summed E-state index contributed by atoms with van der Waals surface area (Å²) in [5.74, 6) is 2.39. The topological polar surface area (TPSA) is 76.4 Å². The van der Waals surface area contributed by atoms with Crippen molar-refractivity contribution in [2.75, 3.05) is 20.2 Å². The Morgan fingerprint density at radius 2 is 2.17 bits per heavy atom. The molecule has 0 aliphatic carbocycles. The summed E-state index contributed by atoms with van der Waals surface area (Å²) < 4.78 is 10.8. The highest BCUT2D eigenvalue weighted by atomic mass is 32.1. The van der Waals surface area contributed by atoms with Gasteiger partial charge in [0.15, 0.2) is 5.76 Å². The molecule has 0 radical (unpaired) electrons. The molecule has 2 N–H and O–H groups in total. The number of carbonyl (C=O) groups is 1. The van der Waals surface area contributed by atoms with Crippen LogP contribution in [-0.4, -0.2) is 31.3 Å². The first-order valence-corrected chi connectivity index (χ1v) is 11.2. The minimum Gasteiger partial charge on any atom is -0.497 e. The van der Waals surface area contributed by atoms with Crippen LogP contribution in [0.2, 0.25) is 0 Å². The Balaban J connectivity index is 1.35. The third-order valence-electron chi connectivity index (χ3n) is 5.66. The number of carbonyl (C=O) groups excluding carboxylic acids is 1. The number of nitrogens with one attached hydrogen (secondary N) is 2. The minimum atomic E-state index is 0.124. The van der Waals surface area contributed by atoms with Crippen LogP contribution < -0.4 is 15.4 Å². The number of hydrogen-bond donors (Lipinski definition) is 2. The van der Waals surface area contributed by atoms with Gasteiger partial charge in [0.1, 0.15) is 5.75 Å². The molecule has 1 saturated heterocycles. The lowest BCUT2D eigenvalue weighted by atomic mass is 9.81. The van der Waals surface area contributed by atoms with E-state index in [2.05, 4.69) is 15.8 Å². The zero-order valence-electron chi connectivity index (χ0n) is 17.1. The predicted molar refractivity (Wildman–Crippen MR) is 117 cm³/mol. The summed E-state index contributed by atoms with van der Waals surface area (Å²) in [5, 5.41) is 12.8. The van der Waals surface area contributed by atoms with Gasteiger partial charge in [-0.15, -0.1) is 11.3 Å². The van der Waals surface area contributed by atoms with Crippen molar-refractivity contribution >= 4 is 17.2 Å². The summed E-state index contributed by atoms with van der Waals surface area (Å²) in [6, 6.07) is 13.8. The molecular formula is C23H27N3O3S. The molecule has 3 aromatic rings. The molecule has 0 spiro atoms. The molecule has 1 aliphatic heterocycles. The molecule has 7 heteroatoms. The van der Waals surface area contributed by atoms with E-state index in [9.17, 15) is 4.79 Å². The lowest BCUT2D eigenvalue weighted by Gasteiger charge is -2.31. The van der Waals surface area contributed by atoms with Gasteiger partial charge in [0.05, 0.1) is 19.3 Å². The van der Waals surface area contributed by atoms with Crippen molar-refractivity contribution in [2.45, 2.75) is 25.8 Å². The highest BCUT2D eigenvalue weighted by Gasteiger charge is 2.28. The Morgan fingerprint density at radius 3 is 2.93 bits per heavy atom. The molecule has 6 nitrogen and oxygen atoms in total. The molecule has 4 rings (SSSR count). The maximum absolute atomic E-state index is 12.5. The Labute approximate surface area is 180 Å². The summed E-state index contributed by atoms with van der Waals surface area (Å²) in [6.07, 6.45) is 2.36. The van der Waals surface area contributed by atoms with Crippen molar-refractivity contribution in [3.05, 3.63) is 58.4 Å². The molecule has 1 aromatic carbocycles. The van der Waals surface area contributed by atoms with E-state index in [0.717, 1.165) is 48.7 Å². The summed E-state index contributed by atoms with van der Waals surface area (Å²) >= 11 is 1.67. The van der Waals surface area contributed by atoms with Crippen LogP contribution in [0.1, 0.15) is 23.4 Å². The fraction of sp³-hybridized carbons (Fsp3) is 0.391. The van der Waals surface area contributed by atoms with Gasteiger partial charge in [0.2, 0.25) is 5.91 Å². The van der Waals surface area contributed by atoms with Gasteiger partial charge < -0.3 is 19.9 Å². The van der Waals surface area contributed by atoms with Gasteiger partial charge in [0, 0.05) is 22.9 Å². The van der Waals surface area contributed by atoms with Crippen molar-refractivity contribution in [2.24, 2.45) is 11.8 Å². The number of rotatable bonds is 8. The molecular weight excluding hydrogens is 398 g/mol. The van der Waals surface area contributed by atoms with Crippen molar-refractivity contribution in [1.82, 2.24) is 15.8 Å². The highest BCUT2D eigenvalue weighted by molar-refractivity contribution is 7.09. The van der Waals surface area contributed by atoms with Gasteiger partial charge in [-0.25, -0.2) is 0 Å². The van der Waals surface area contributed by atoms with Crippen molar-refractivity contribution in [1.29, 1.82) is 0 Å². The molecule has 30 heavy (non-hydrogen) atoms. The summed E-state index contributed by atoms with van der Waals surface area (Å²) in [6.45, 7) is 2.46. The first-order valence-electron chi connectivity index (χ1n) is 10.3. The van der Waals surface area contributed by atoms with Crippen molar-refractivity contribution in [3.8, 4) is 17.1 Å². The Kier molecular flexibility index (Phi) is 6.81. The minimum absolute atomic E-state index is 0.124. The number of aromatic nitrogens is 1. The second-order valence-electron chi connectivity index (χ2n) is 7.69. The van der Waals surface area contributed by atoms with Crippen LogP contribution >= 0.6 is 11.3 Å². The lowest BCUT2D eigenvalue weighted by Crippen LogP contribution is -2.40. The van der Waals surface area contributed by atoms with E-state index in [0.29, 0.717) is 24.8 Å². The average molecular weight is 426 g/mol. The van der Waals surface area contributed by atoms with E-state index < -0.39 is 0 Å². The number of piperidine rings is 1. The Bertz CT molecular complexity index is 937. The second kappa shape index (κ2) is 9.91. The van der Waals surface area contributed by atoms with Crippen LogP contribution in [0.4, 0.5) is 0 Å². The largest absolute Gasteiger partial charge is 0.497 e. The number of methoxy groups -OCH3 is 1. The van der Waals surface area contributed by atoms with E-state index >= 15 is 0 Å². The number of amides is 1. The number of ether oxygens (including phenoxy) is 1. The first-order chi connectivity index (χ1) is 14.7. The van der Waals surface area contributed by atoms with Crippen molar-refractivity contribution < 1.29 is 14.1 Å². The fourth-order valence-electron chi connectivity index (χ4n) is 3.96. The van der Waals surface area contributed by atoms with Crippen LogP contribution in [0.15, 0.2) is 52.4 Å². The van der Waals surface area contributed by atoms with Crippen molar-refractivity contribution in [3.63, 3.8) is 0 Å². The second-order valence-corrected chi connectivity index (χ2v) is 8.72. The molecule has 0 saturated carbocycles. The number of benzene rings is 1. The monoisotopic (exact) mass is 425 g/mol. The van der Waals surface area contributed by atoms with Gasteiger partial charge in [-0.3, -0.25) is 4.79 Å².